The molecule has 0 aliphatic carbocycles. The van der Waals surface area contributed by atoms with Crippen LogP contribution in [0.25, 0.3) is 11.5 Å². The van der Waals surface area contributed by atoms with Crippen molar-refractivity contribution in [3.63, 3.8) is 0 Å². The number of nitrogens with zero attached hydrogens (tertiary/aromatic N) is 2. The first-order valence-electron chi connectivity index (χ1n) is 7.98. The molecule has 0 radical (unpaired) electrons. The minimum Gasteiger partial charge on any atom is -0.461 e. The highest BCUT2D eigenvalue weighted by atomic mass is 19.4. The second-order valence-corrected chi connectivity index (χ2v) is 5.66. The molecule has 0 unspecified atom stereocenters. The van der Waals surface area contributed by atoms with Crippen molar-refractivity contribution < 1.29 is 36.6 Å². The molecule has 0 saturated carbocycles. The number of rotatable bonds is 7. The first-order chi connectivity index (χ1) is 13.7. The molecule has 29 heavy (non-hydrogen) atoms. The van der Waals surface area contributed by atoms with Crippen LogP contribution < -0.4 is 5.32 Å². The third-order valence-corrected chi connectivity index (χ3v) is 3.65. The highest BCUT2D eigenvalue weighted by Gasteiger charge is 2.33. The third kappa shape index (κ3) is 4.91. The number of ether oxygens (including phenoxy) is 1. The van der Waals surface area contributed by atoms with Crippen LogP contribution in [0, 0.1) is 10.1 Å². The number of alkyl halides is 3. The Morgan fingerprint density at radius 2 is 2.03 bits per heavy atom. The van der Waals surface area contributed by atoms with Gasteiger partial charge in [-0.05, 0) is 24.3 Å². The van der Waals surface area contributed by atoms with Crippen LogP contribution in [0.3, 0.4) is 0 Å². The predicted octanol–water partition coefficient (Wildman–Crippen LogP) is 4.02. The summed E-state index contributed by atoms with van der Waals surface area (Å²) in [5.74, 6) is -0.0346. The highest BCUT2D eigenvalue weighted by Crippen LogP contribution is 2.34. The lowest BCUT2D eigenvalue weighted by Gasteiger charge is -2.10. The lowest BCUT2D eigenvalue weighted by molar-refractivity contribution is -0.384. The van der Waals surface area contributed by atoms with Crippen molar-refractivity contribution in [3.05, 3.63) is 64.0 Å². The van der Waals surface area contributed by atoms with E-state index in [9.17, 15) is 28.1 Å². The minimum absolute atomic E-state index is 0.236. The van der Waals surface area contributed by atoms with E-state index in [-0.39, 0.29) is 12.3 Å². The maximum absolute atomic E-state index is 12.7. The summed E-state index contributed by atoms with van der Waals surface area (Å²) >= 11 is 0. The lowest BCUT2D eigenvalue weighted by atomic mass is 10.1. The summed E-state index contributed by atoms with van der Waals surface area (Å²) in [6.45, 7) is -0.741. The number of halogens is 3. The Morgan fingerprint density at radius 3 is 2.69 bits per heavy atom. The van der Waals surface area contributed by atoms with Crippen molar-refractivity contribution in [2.75, 3.05) is 11.9 Å². The number of esters is 1. The number of carbonyl (C=O) groups is 1. The molecule has 3 aromatic rings. The minimum atomic E-state index is -4.73. The van der Waals surface area contributed by atoms with Crippen LogP contribution in [0.15, 0.2) is 51.6 Å². The standard InChI is InChI=1S/C17H12F3N3O6/c18-17(19,20)10-3-4-12(13(6-10)23(25)26)21-8-16(24)28-9-11-7-15(29-22-11)14-2-1-5-27-14/h1-7,21H,8-9H2. The molecule has 0 aliphatic heterocycles. The Hall–Kier alpha value is -3.83. The fourth-order valence-corrected chi connectivity index (χ4v) is 2.30. The number of hydrogen-bond donors (Lipinski definition) is 1. The van der Waals surface area contributed by atoms with Crippen molar-refractivity contribution in [2.45, 2.75) is 12.8 Å². The van der Waals surface area contributed by atoms with Crippen molar-refractivity contribution in [1.29, 1.82) is 0 Å². The van der Waals surface area contributed by atoms with E-state index >= 15 is 0 Å². The molecule has 0 aliphatic rings. The molecular weight excluding hydrogens is 399 g/mol. The molecular formula is C17H12F3N3O6. The quantitative estimate of drug-likeness (QED) is 0.352. The van der Waals surface area contributed by atoms with E-state index in [4.69, 9.17) is 13.7 Å². The van der Waals surface area contributed by atoms with Gasteiger partial charge in [0.25, 0.3) is 5.69 Å². The molecule has 1 aromatic carbocycles. The third-order valence-electron chi connectivity index (χ3n) is 3.65. The monoisotopic (exact) mass is 411 g/mol. The molecule has 0 fully saturated rings. The van der Waals surface area contributed by atoms with Gasteiger partial charge in [0, 0.05) is 12.1 Å². The van der Waals surface area contributed by atoms with Gasteiger partial charge in [-0.15, -0.1) is 0 Å². The first kappa shape index (κ1) is 19.9. The molecule has 1 N–H and O–H groups in total. The van der Waals surface area contributed by atoms with Gasteiger partial charge in [0.05, 0.1) is 16.7 Å². The molecule has 12 heteroatoms. The number of aromatic nitrogens is 1. The number of carbonyl (C=O) groups excluding carboxylic acids is 1. The smallest absolute Gasteiger partial charge is 0.416 e. The van der Waals surface area contributed by atoms with Crippen LogP contribution in [-0.4, -0.2) is 22.6 Å². The molecule has 0 bridgehead atoms. The predicted molar refractivity (Wildman–Crippen MR) is 90.6 cm³/mol. The Balaban J connectivity index is 1.57. The van der Waals surface area contributed by atoms with Crippen LogP contribution in [-0.2, 0) is 22.3 Å². The summed E-state index contributed by atoms with van der Waals surface area (Å²) in [4.78, 5) is 21.9. The maximum Gasteiger partial charge on any atom is 0.416 e. The van der Waals surface area contributed by atoms with E-state index < -0.39 is 34.9 Å². The van der Waals surface area contributed by atoms with Gasteiger partial charge in [0.15, 0.2) is 5.76 Å². The SMILES string of the molecule is O=C(CNc1ccc(C(F)(F)F)cc1[N+](=O)[O-])OCc1cc(-c2ccco2)on1. The zero-order chi connectivity index (χ0) is 21.0. The van der Waals surface area contributed by atoms with Gasteiger partial charge in [0.1, 0.15) is 24.5 Å². The van der Waals surface area contributed by atoms with E-state index in [0.717, 1.165) is 6.07 Å². The number of nitrogens with one attached hydrogen (secondary N) is 1. The highest BCUT2D eigenvalue weighted by molar-refractivity contribution is 5.76. The summed E-state index contributed by atoms with van der Waals surface area (Å²) in [7, 11) is 0. The molecule has 0 spiro atoms. The summed E-state index contributed by atoms with van der Waals surface area (Å²) in [5.41, 5.74) is -1.94. The first-order valence-corrected chi connectivity index (χ1v) is 7.98. The topological polar surface area (TPSA) is 121 Å². The van der Waals surface area contributed by atoms with Gasteiger partial charge in [-0.1, -0.05) is 5.16 Å². The van der Waals surface area contributed by atoms with Crippen molar-refractivity contribution >= 4 is 17.3 Å². The van der Waals surface area contributed by atoms with E-state index in [2.05, 4.69) is 10.5 Å². The van der Waals surface area contributed by atoms with Crippen LogP contribution >= 0.6 is 0 Å². The number of nitro groups is 1. The molecule has 152 valence electrons. The van der Waals surface area contributed by atoms with E-state index in [0.29, 0.717) is 29.3 Å². The molecule has 2 aromatic heterocycles. The Morgan fingerprint density at radius 1 is 1.24 bits per heavy atom. The molecule has 3 rings (SSSR count). The van der Waals surface area contributed by atoms with E-state index in [1.54, 1.807) is 12.1 Å². The Bertz CT molecular complexity index is 1010. The second kappa shape index (κ2) is 8.04. The van der Waals surface area contributed by atoms with Gasteiger partial charge in [-0.25, -0.2) is 0 Å². The summed E-state index contributed by atoms with van der Waals surface area (Å²) in [5, 5.41) is 17.1. The fourth-order valence-electron chi connectivity index (χ4n) is 2.30. The Labute approximate surface area is 160 Å². The molecule has 2 heterocycles. The largest absolute Gasteiger partial charge is 0.461 e. The zero-order valence-corrected chi connectivity index (χ0v) is 14.4. The number of nitro benzene ring substituents is 1. The average molecular weight is 411 g/mol. The number of hydrogen-bond acceptors (Lipinski definition) is 8. The van der Waals surface area contributed by atoms with Gasteiger partial charge < -0.3 is 19.0 Å². The molecule has 0 amide bonds. The van der Waals surface area contributed by atoms with Crippen molar-refractivity contribution in [1.82, 2.24) is 5.16 Å². The maximum atomic E-state index is 12.7. The molecule has 0 atom stereocenters. The molecule has 0 saturated heterocycles. The number of furan rings is 1. The van der Waals surface area contributed by atoms with E-state index in [1.165, 1.54) is 12.3 Å². The summed E-state index contributed by atoms with van der Waals surface area (Å²) in [6.07, 6.45) is -3.28. The summed E-state index contributed by atoms with van der Waals surface area (Å²) < 4.78 is 53.2. The lowest BCUT2D eigenvalue weighted by Crippen LogP contribution is -2.17. The average Bonchev–Trinajstić information content (AvgIpc) is 3.35. The van der Waals surface area contributed by atoms with Gasteiger partial charge in [-0.3, -0.25) is 14.9 Å². The summed E-state index contributed by atoms with van der Waals surface area (Å²) in [6, 6.07) is 6.74. The van der Waals surface area contributed by atoms with Crippen LogP contribution in [0.4, 0.5) is 24.5 Å². The van der Waals surface area contributed by atoms with Gasteiger partial charge >= 0.3 is 12.1 Å². The van der Waals surface area contributed by atoms with Crippen molar-refractivity contribution in [3.8, 4) is 11.5 Å². The van der Waals surface area contributed by atoms with Gasteiger partial charge in [0.2, 0.25) is 5.76 Å². The Kier molecular flexibility index (Phi) is 5.52. The van der Waals surface area contributed by atoms with Gasteiger partial charge in [-0.2, -0.15) is 13.2 Å². The fraction of sp³-hybridized carbons (Fsp3) is 0.176. The number of benzene rings is 1. The van der Waals surface area contributed by atoms with Crippen LogP contribution in [0.1, 0.15) is 11.3 Å². The van der Waals surface area contributed by atoms with Crippen LogP contribution in [0.2, 0.25) is 0 Å². The zero-order valence-electron chi connectivity index (χ0n) is 14.4. The molecule has 9 nitrogen and oxygen atoms in total. The second-order valence-electron chi connectivity index (χ2n) is 5.66. The number of anilines is 1. The van der Waals surface area contributed by atoms with E-state index in [1.807, 2.05) is 0 Å². The van der Waals surface area contributed by atoms with Crippen LogP contribution in [0.5, 0.6) is 0 Å². The van der Waals surface area contributed by atoms with Crippen molar-refractivity contribution in [2.24, 2.45) is 0 Å². The normalized spacial score (nSPS) is 11.3.